The molecule has 0 aliphatic rings. The Balaban J connectivity index is 1.61. The molecule has 0 unspecified atom stereocenters. The van der Waals surface area contributed by atoms with Crippen LogP contribution in [0.5, 0.6) is 5.75 Å². The number of methoxy groups -OCH3 is 1. The van der Waals surface area contributed by atoms with Gasteiger partial charge in [0.1, 0.15) is 18.1 Å². The number of rotatable bonds is 6. The minimum atomic E-state index is -0.439. The number of ether oxygens (including phenoxy) is 1. The van der Waals surface area contributed by atoms with Crippen molar-refractivity contribution in [3.63, 3.8) is 0 Å². The van der Waals surface area contributed by atoms with Gasteiger partial charge in [0.2, 0.25) is 5.91 Å². The minimum absolute atomic E-state index is 0.151. The molecule has 0 saturated carbocycles. The Morgan fingerprint density at radius 2 is 1.91 bits per heavy atom. The fourth-order valence-electron chi connectivity index (χ4n) is 3.28. The number of aryl methyl sites for hydroxylation is 1. The molecule has 32 heavy (non-hydrogen) atoms. The van der Waals surface area contributed by atoms with Crippen molar-refractivity contribution in [2.45, 2.75) is 13.5 Å². The largest absolute Gasteiger partial charge is 0.495 e. The summed E-state index contributed by atoms with van der Waals surface area (Å²) in [7, 11) is 1.51. The SMILES string of the molecule is COc1ccccc1NC(=O)Cn1c(C)nc2ccc(NC(=O)c3ccco3)cc2c1=O. The van der Waals surface area contributed by atoms with Crippen LogP contribution in [0.3, 0.4) is 0 Å². The lowest BCUT2D eigenvalue weighted by atomic mass is 10.2. The molecule has 0 aliphatic carbocycles. The molecule has 0 spiro atoms. The van der Waals surface area contributed by atoms with Gasteiger partial charge in [0.15, 0.2) is 5.76 Å². The van der Waals surface area contributed by atoms with Crippen LogP contribution in [0.1, 0.15) is 16.4 Å². The number of aromatic nitrogens is 2. The van der Waals surface area contributed by atoms with Gasteiger partial charge in [0, 0.05) is 5.69 Å². The van der Waals surface area contributed by atoms with Gasteiger partial charge in [0.05, 0.1) is 30.0 Å². The lowest BCUT2D eigenvalue weighted by Gasteiger charge is -2.13. The van der Waals surface area contributed by atoms with Crippen molar-refractivity contribution >= 4 is 34.1 Å². The van der Waals surface area contributed by atoms with Crippen LogP contribution in [0.25, 0.3) is 10.9 Å². The lowest BCUT2D eigenvalue weighted by molar-refractivity contribution is -0.116. The van der Waals surface area contributed by atoms with Crippen LogP contribution < -0.4 is 20.9 Å². The highest BCUT2D eigenvalue weighted by Crippen LogP contribution is 2.23. The molecule has 0 atom stereocenters. The fourth-order valence-corrected chi connectivity index (χ4v) is 3.28. The molecule has 2 N–H and O–H groups in total. The van der Waals surface area contributed by atoms with Gasteiger partial charge in [-0.3, -0.25) is 19.0 Å². The van der Waals surface area contributed by atoms with Crippen molar-refractivity contribution in [1.29, 1.82) is 0 Å². The number of hydrogen-bond acceptors (Lipinski definition) is 6. The fraction of sp³-hybridized carbons (Fsp3) is 0.130. The Bertz CT molecular complexity index is 1360. The average Bonchev–Trinajstić information content (AvgIpc) is 3.33. The summed E-state index contributed by atoms with van der Waals surface area (Å²) in [6.45, 7) is 1.43. The third-order valence-electron chi connectivity index (χ3n) is 4.83. The van der Waals surface area contributed by atoms with E-state index in [2.05, 4.69) is 15.6 Å². The first-order chi connectivity index (χ1) is 15.5. The van der Waals surface area contributed by atoms with E-state index in [4.69, 9.17) is 9.15 Å². The number of carbonyl (C=O) groups excluding carboxylic acids is 2. The monoisotopic (exact) mass is 432 g/mol. The zero-order chi connectivity index (χ0) is 22.7. The van der Waals surface area contributed by atoms with Crippen LogP contribution in [0, 0.1) is 6.92 Å². The van der Waals surface area contributed by atoms with Crippen molar-refractivity contribution in [2.24, 2.45) is 0 Å². The van der Waals surface area contributed by atoms with Gasteiger partial charge < -0.3 is 19.8 Å². The first-order valence-corrected chi connectivity index (χ1v) is 9.75. The second-order valence-electron chi connectivity index (χ2n) is 6.96. The summed E-state index contributed by atoms with van der Waals surface area (Å²) in [5.41, 5.74) is 0.982. The lowest BCUT2D eigenvalue weighted by Crippen LogP contribution is -2.30. The molecule has 9 nitrogen and oxygen atoms in total. The molecule has 0 bridgehead atoms. The van der Waals surface area contributed by atoms with Crippen molar-refractivity contribution < 1.29 is 18.7 Å². The van der Waals surface area contributed by atoms with Gasteiger partial charge >= 0.3 is 0 Å². The Morgan fingerprint density at radius 3 is 2.66 bits per heavy atom. The number of amides is 2. The topological polar surface area (TPSA) is 115 Å². The van der Waals surface area contributed by atoms with Gasteiger partial charge in [-0.2, -0.15) is 0 Å². The zero-order valence-electron chi connectivity index (χ0n) is 17.4. The van der Waals surface area contributed by atoms with Gasteiger partial charge in [0.25, 0.3) is 11.5 Å². The number of para-hydroxylation sites is 2. The maximum absolute atomic E-state index is 13.1. The first kappa shape index (κ1) is 20.9. The summed E-state index contributed by atoms with van der Waals surface area (Å²) in [4.78, 5) is 42.4. The Labute approximate surface area is 182 Å². The number of nitrogens with one attached hydrogen (secondary N) is 2. The third-order valence-corrected chi connectivity index (χ3v) is 4.83. The predicted molar refractivity (Wildman–Crippen MR) is 119 cm³/mol. The van der Waals surface area contributed by atoms with E-state index >= 15 is 0 Å². The van der Waals surface area contributed by atoms with E-state index in [0.29, 0.717) is 28.5 Å². The molecular formula is C23H20N4O5. The van der Waals surface area contributed by atoms with Crippen molar-refractivity contribution in [3.05, 3.63) is 82.8 Å². The Kier molecular flexibility index (Phi) is 5.71. The van der Waals surface area contributed by atoms with E-state index in [1.54, 1.807) is 49.4 Å². The second-order valence-corrected chi connectivity index (χ2v) is 6.96. The molecule has 2 aromatic heterocycles. The maximum atomic E-state index is 13.1. The quantitative estimate of drug-likeness (QED) is 0.483. The van der Waals surface area contributed by atoms with Crippen LogP contribution in [0.4, 0.5) is 11.4 Å². The minimum Gasteiger partial charge on any atom is -0.495 e. The highest BCUT2D eigenvalue weighted by Gasteiger charge is 2.15. The molecule has 162 valence electrons. The smallest absolute Gasteiger partial charge is 0.291 e. The molecule has 4 rings (SSSR count). The highest BCUT2D eigenvalue weighted by atomic mass is 16.5. The first-order valence-electron chi connectivity index (χ1n) is 9.75. The van der Waals surface area contributed by atoms with Gasteiger partial charge in [-0.1, -0.05) is 12.1 Å². The van der Waals surface area contributed by atoms with E-state index in [1.807, 2.05) is 0 Å². The normalized spacial score (nSPS) is 10.7. The summed E-state index contributed by atoms with van der Waals surface area (Å²) in [5, 5.41) is 5.70. The number of hydrogen-bond donors (Lipinski definition) is 2. The Morgan fingerprint density at radius 1 is 1.09 bits per heavy atom. The summed E-state index contributed by atoms with van der Waals surface area (Å²) in [5.74, 6) is 0.218. The average molecular weight is 432 g/mol. The Hall–Kier alpha value is -4.40. The molecule has 0 radical (unpaired) electrons. The molecule has 0 aliphatic heterocycles. The van der Waals surface area contributed by atoms with Crippen LogP contribution in [0.2, 0.25) is 0 Å². The second kappa shape index (κ2) is 8.76. The van der Waals surface area contributed by atoms with Crippen LogP contribution in [-0.2, 0) is 11.3 Å². The zero-order valence-corrected chi connectivity index (χ0v) is 17.4. The molecule has 2 amide bonds. The number of carbonyl (C=O) groups is 2. The van der Waals surface area contributed by atoms with E-state index in [1.165, 1.54) is 30.1 Å². The maximum Gasteiger partial charge on any atom is 0.291 e. The number of anilines is 2. The van der Waals surface area contributed by atoms with Crippen LogP contribution >= 0.6 is 0 Å². The van der Waals surface area contributed by atoms with Gasteiger partial charge in [-0.25, -0.2) is 4.98 Å². The van der Waals surface area contributed by atoms with Gasteiger partial charge in [-0.05, 0) is 49.4 Å². The number of nitrogens with zero attached hydrogens (tertiary/aromatic N) is 2. The molecule has 9 heteroatoms. The van der Waals surface area contributed by atoms with Crippen molar-refractivity contribution in [3.8, 4) is 5.75 Å². The molecule has 2 aromatic carbocycles. The highest BCUT2D eigenvalue weighted by molar-refractivity contribution is 6.03. The number of furan rings is 1. The third kappa shape index (κ3) is 4.22. The summed E-state index contributed by atoms with van der Waals surface area (Å²) < 4.78 is 11.6. The molecule has 2 heterocycles. The summed E-state index contributed by atoms with van der Waals surface area (Å²) >= 11 is 0. The van der Waals surface area contributed by atoms with E-state index in [9.17, 15) is 14.4 Å². The van der Waals surface area contributed by atoms with Crippen LogP contribution in [0.15, 0.2) is 70.1 Å². The molecular weight excluding hydrogens is 412 g/mol. The van der Waals surface area contributed by atoms with E-state index in [-0.39, 0.29) is 17.7 Å². The van der Waals surface area contributed by atoms with E-state index in [0.717, 1.165) is 0 Å². The van der Waals surface area contributed by atoms with Gasteiger partial charge in [-0.15, -0.1) is 0 Å². The molecule has 0 saturated heterocycles. The predicted octanol–water partition coefficient (Wildman–Crippen LogP) is 3.20. The summed E-state index contributed by atoms with van der Waals surface area (Å²) in [6, 6.07) is 15.0. The molecule has 4 aromatic rings. The molecule has 0 fully saturated rings. The van der Waals surface area contributed by atoms with E-state index < -0.39 is 17.4 Å². The number of fused-ring (bicyclic) bond motifs is 1. The van der Waals surface area contributed by atoms with Crippen molar-refractivity contribution in [2.75, 3.05) is 17.7 Å². The summed E-state index contributed by atoms with van der Waals surface area (Å²) in [6.07, 6.45) is 1.40. The number of benzene rings is 2. The standard InChI is InChI=1S/C23H20N4O5/c1-14-24-17-10-9-15(25-22(29)20-8-5-11-32-20)12-16(17)23(30)27(14)13-21(28)26-18-6-3-4-7-19(18)31-2/h3-12H,13H2,1-2H3,(H,25,29)(H,26,28). The van der Waals surface area contributed by atoms with Crippen LogP contribution in [-0.4, -0.2) is 28.5 Å². The van der Waals surface area contributed by atoms with Crippen molar-refractivity contribution in [1.82, 2.24) is 9.55 Å².